The summed E-state index contributed by atoms with van der Waals surface area (Å²) in [6.45, 7) is 2.56. The number of ether oxygens (including phenoxy) is 1. The summed E-state index contributed by atoms with van der Waals surface area (Å²) in [5.74, 6) is 0.583. The summed E-state index contributed by atoms with van der Waals surface area (Å²) in [5, 5.41) is 4.08. The van der Waals surface area contributed by atoms with Crippen LogP contribution in [0.25, 0.3) is 10.2 Å². The van der Waals surface area contributed by atoms with E-state index in [0.717, 1.165) is 16.6 Å². The summed E-state index contributed by atoms with van der Waals surface area (Å²) in [4.78, 5) is 16.5. The SMILES string of the molecule is CCc1ccc2nc(NC(=O)CCCOc3ccccc3Cl)sc2c1. The molecule has 0 aliphatic heterocycles. The van der Waals surface area contributed by atoms with Gasteiger partial charge in [0.1, 0.15) is 5.75 Å². The van der Waals surface area contributed by atoms with Gasteiger partial charge in [0.25, 0.3) is 0 Å². The third-order valence-corrected chi connectivity index (χ3v) is 5.00. The molecule has 130 valence electrons. The molecule has 1 heterocycles. The quantitative estimate of drug-likeness (QED) is 0.570. The number of carbonyl (C=O) groups is 1. The molecule has 3 rings (SSSR count). The molecular formula is C19H19ClN2O2S. The topological polar surface area (TPSA) is 51.2 Å². The lowest BCUT2D eigenvalue weighted by atomic mass is 10.2. The van der Waals surface area contributed by atoms with Crippen LogP contribution in [0.2, 0.25) is 5.02 Å². The van der Waals surface area contributed by atoms with E-state index < -0.39 is 0 Å². The highest BCUT2D eigenvalue weighted by Crippen LogP contribution is 2.27. The number of amides is 1. The van der Waals surface area contributed by atoms with Crippen molar-refractivity contribution in [3.63, 3.8) is 0 Å². The average Bonchev–Trinajstić information content (AvgIpc) is 3.01. The van der Waals surface area contributed by atoms with Crippen LogP contribution in [-0.4, -0.2) is 17.5 Å². The highest BCUT2D eigenvalue weighted by atomic mass is 35.5. The molecule has 0 aliphatic rings. The number of aryl methyl sites for hydroxylation is 1. The molecule has 0 fully saturated rings. The third-order valence-electron chi connectivity index (χ3n) is 3.75. The summed E-state index contributed by atoms with van der Waals surface area (Å²) in [6, 6.07) is 13.5. The molecular weight excluding hydrogens is 356 g/mol. The van der Waals surface area contributed by atoms with Gasteiger partial charge in [-0.1, -0.05) is 48.1 Å². The average molecular weight is 375 g/mol. The number of rotatable bonds is 7. The fraction of sp³-hybridized carbons (Fsp3) is 0.263. The van der Waals surface area contributed by atoms with Gasteiger partial charge in [0, 0.05) is 6.42 Å². The molecule has 1 N–H and O–H groups in total. The minimum Gasteiger partial charge on any atom is -0.492 e. The van der Waals surface area contributed by atoms with Crippen LogP contribution >= 0.6 is 22.9 Å². The van der Waals surface area contributed by atoms with Crippen molar-refractivity contribution in [2.24, 2.45) is 0 Å². The number of fused-ring (bicyclic) bond motifs is 1. The smallest absolute Gasteiger partial charge is 0.226 e. The minimum absolute atomic E-state index is 0.0578. The van der Waals surface area contributed by atoms with Crippen LogP contribution < -0.4 is 10.1 Å². The minimum atomic E-state index is -0.0578. The summed E-state index contributed by atoms with van der Waals surface area (Å²) in [7, 11) is 0. The van der Waals surface area contributed by atoms with Crippen LogP contribution in [0.5, 0.6) is 5.75 Å². The van der Waals surface area contributed by atoms with Crippen molar-refractivity contribution in [2.75, 3.05) is 11.9 Å². The van der Waals surface area contributed by atoms with Crippen LogP contribution in [0.4, 0.5) is 5.13 Å². The number of para-hydroxylation sites is 1. The Labute approximate surface area is 155 Å². The normalized spacial score (nSPS) is 10.8. The molecule has 0 unspecified atom stereocenters. The van der Waals surface area contributed by atoms with Crippen LogP contribution in [0.15, 0.2) is 42.5 Å². The van der Waals surface area contributed by atoms with Gasteiger partial charge in [0.05, 0.1) is 21.8 Å². The van der Waals surface area contributed by atoms with Gasteiger partial charge in [0.15, 0.2) is 5.13 Å². The molecule has 0 saturated carbocycles. The Balaban J connectivity index is 1.48. The van der Waals surface area contributed by atoms with Gasteiger partial charge in [-0.2, -0.15) is 0 Å². The Hall–Kier alpha value is -2.11. The number of nitrogens with one attached hydrogen (secondary N) is 1. The lowest BCUT2D eigenvalue weighted by Gasteiger charge is -2.07. The highest BCUT2D eigenvalue weighted by Gasteiger charge is 2.08. The van der Waals surface area contributed by atoms with Crippen LogP contribution in [0.3, 0.4) is 0 Å². The first kappa shape index (κ1) is 17.7. The van der Waals surface area contributed by atoms with E-state index in [0.29, 0.717) is 35.4 Å². The zero-order valence-corrected chi connectivity index (χ0v) is 15.5. The molecule has 0 atom stereocenters. The lowest BCUT2D eigenvalue weighted by molar-refractivity contribution is -0.116. The predicted molar refractivity (Wildman–Crippen MR) is 104 cm³/mol. The van der Waals surface area contributed by atoms with E-state index in [2.05, 4.69) is 29.4 Å². The van der Waals surface area contributed by atoms with E-state index in [1.807, 2.05) is 24.3 Å². The van der Waals surface area contributed by atoms with Crippen molar-refractivity contribution in [1.82, 2.24) is 4.98 Å². The van der Waals surface area contributed by atoms with E-state index in [1.54, 1.807) is 6.07 Å². The Morgan fingerprint density at radius 3 is 2.92 bits per heavy atom. The summed E-state index contributed by atoms with van der Waals surface area (Å²) >= 11 is 7.52. The Bertz CT molecular complexity index is 879. The van der Waals surface area contributed by atoms with Gasteiger partial charge < -0.3 is 10.1 Å². The van der Waals surface area contributed by atoms with Gasteiger partial charge >= 0.3 is 0 Å². The number of carbonyl (C=O) groups excluding carboxylic acids is 1. The summed E-state index contributed by atoms with van der Waals surface area (Å²) in [5.41, 5.74) is 2.19. The maximum Gasteiger partial charge on any atom is 0.226 e. The first-order valence-corrected chi connectivity index (χ1v) is 9.42. The van der Waals surface area contributed by atoms with E-state index in [4.69, 9.17) is 16.3 Å². The molecule has 1 amide bonds. The van der Waals surface area contributed by atoms with Crippen LogP contribution in [-0.2, 0) is 11.2 Å². The molecule has 0 saturated heterocycles. The van der Waals surface area contributed by atoms with E-state index in [-0.39, 0.29) is 5.91 Å². The van der Waals surface area contributed by atoms with E-state index in [9.17, 15) is 4.79 Å². The highest BCUT2D eigenvalue weighted by molar-refractivity contribution is 7.22. The van der Waals surface area contributed by atoms with Crippen molar-refractivity contribution in [1.29, 1.82) is 0 Å². The standard InChI is InChI=1S/C19H19ClN2O2S/c1-2-13-9-10-15-17(12-13)25-19(21-15)22-18(23)8-5-11-24-16-7-4-3-6-14(16)20/h3-4,6-7,9-10,12H,2,5,8,11H2,1H3,(H,21,22,23). The van der Waals surface area contributed by atoms with Crippen molar-refractivity contribution in [3.8, 4) is 5.75 Å². The molecule has 1 aromatic heterocycles. The fourth-order valence-electron chi connectivity index (χ4n) is 2.40. The first-order valence-electron chi connectivity index (χ1n) is 8.22. The second-order valence-corrected chi connectivity index (χ2v) is 7.04. The second-order valence-electron chi connectivity index (χ2n) is 5.61. The number of benzene rings is 2. The molecule has 25 heavy (non-hydrogen) atoms. The Morgan fingerprint density at radius 1 is 1.28 bits per heavy atom. The van der Waals surface area contributed by atoms with Crippen molar-refractivity contribution >= 4 is 44.2 Å². The molecule has 0 aliphatic carbocycles. The Morgan fingerprint density at radius 2 is 2.12 bits per heavy atom. The number of thiazole rings is 1. The molecule has 0 spiro atoms. The van der Waals surface area contributed by atoms with E-state index in [1.165, 1.54) is 16.9 Å². The lowest BCUT2D eigenvalue weighted by Crippen LogP contribution is -2.12. The van der Waals surface area contributed by atoms with Crippen LogP contribution in [0, 0.1) is 0 Å². The number of aromatic nitrogens is 1. The maximum absolute atomic E-state index is 12.1. The molecule has 2 aromatic carbocycles. The largest absolute Gasteiger partial charge is 0.492 e. The second kappa shape index (κ2) is 8.32. The van der Waals surface area contributed by atoms with Crippen LogP contribution in [0.1, 0.15) is 25.3 Å². The van der Waals surface area contributed by atoms with Crippen molar-refractivity contribution in [3.05, 3.63) is 53.1 Å². The zero-order valence-electron chi connectivity index (χ0n) is 13.9. The fourth-order valence-corrected chi connectivity index (χ4v) is 3.54. The monoisotopic (exact) mass is 374 g/mol. The number of halogens is 1. The molecule has 6 heteroatoms. The number of hydrogen-bond donors (Lipinski definition) is 1. The number of nitrogens with zero attached hydrogens (tertiary/aromatic N) is 1. The van der Waals surface area contributed by atoms with Gasteiger partial charge in [-0.3, -0.25) is 4.79 Å². The maximum atomic E-state index is 12.1. The number of hydrogen-bond acceptors (Lipinski definition) is 4. The molecule has 4 nitrogen and oxygen atoms in total. The van der Waals surface area contributed by atoms with Gasteiger partial charge in [-0.05, 0) is 42.7 Å². The summed E-state index contributed by atoms with van der Waals surface area (Å²) in [6.07, 6.45) is 1.98. The summed E-state index contributed by atoms with van der Waals surface area (Å²) < 4.78 is 6.68. The van der Waals surface area contributed by atoms with Gasteiger partial charge in [-0.15, -0.1) is 0 Å². The van der Waals surface area contributed by atoms with Gasteiger partial charge in [-0.25, -0.2) is 4.98 Å². The Kier molecular flexibility index (Phi) is 5.89. The van der Waals surface area contributed by atoms with Crippen molar-refractivity contribution < 1.29 is 9.53 Å². The van der Waals surface area contributed by atoms with Crippen molar-refractivity contribution in [2.45, 2.75) is 26.2 Å². The number of anilines is 1. The zero-order chi connectivity index (χ0) is 17.6. The molecule has 0 radical (unpaired) electrons. The molecule has 3 aromatic rings. The van der Waals surface area contributed by atoms with Gasteiger partial charge in [0.2, 0.25) is 5.91 Å². The predicted octanol–water partition coefficient (Wildman–Crippen LogP) is 5.31. The van der Waals surface area contributed by atoms with E-state index >= 15 is 0 Å². The molecule has 0 bridgehead atoms. The first-order chi connectivity index (χ1) is 12.2. The third kappa shape index (κ3) is 4.71.